The monoisotopic (exact) mass is 327 g/mol. The summed E-state index contributed by atoms with van der Waals surface area (Å²) in [4.78, 5) is 12.3. The fourth-order valence-electron chi connectivity index (χ4n) is 2.31. The Balaban J connectivity index is 3.11. The molecular weight excluding hydrogens is 302 g/mol. The summed E-state index contributed by atoms with van der Waals surface area (Å²) in [6.45, 7) is 7.83. The Morgan fingerprint density at radius 2 is 1.86 bits per heavy atom. The zero-order chi connectivity index (χ0) is 17.1. The Bertz CT molecular complexity index is 654. The van der Waals surface area contributed by atoms with Crippen LogP contribution in [-0.2, 0) is 10.0 Å². The summed E-state index contributed by atoms with van der Waals surface area (Å²) in [5.41, 5.74) is 7.19. The maximum atomic E-state index is 12.3. The fraction of sp³-hybridized carbons (Fsp3) is 0.533. The van der Waals surface area contributed by atoms with Gasteiger partial charge in [-0.05, 0) is 49.4 Å². The smallest absolute Gasteiger partial charge is 0.251 e. The van der Waals surface area contributed by atoms with Crippen LogP contribution in [0.1, 0.15) is 41.8 Å². The molecule has 0 aromatic heterocycles. The lowest BCUT2D eigenvalue weighted by molar-refractivity contribution is 0.0933. The van der Waals surface area contributed by atoms with Gasteiger partial charge in [-0.3, -0.25) is 4.79 Å². The molecular formula is C15H25N3O3S. The van der Waals surface area contributed by atoms with Gasteiger partial charge in [0, 0.05) is 18.2 Å². The summed E-state index contributed by atoms with van der Waals surface area (Å²) < 4.78 is 23.3. The normalized spacial score (nSPS) is 13.2. The van der Waals surface area contributed by atoms with E-state index in [2.05, 4.69) is 5.32 Å². The van der Waals surface area contributed by atoms with Crippen LogP contribution in [-0.4, -0.2) is 26.9 Å². The largest absolute Gasteiger partial charge is 0.348 e. The molecule has 0 radical (unpaired) electrons. The van der Waals surface area contributed by atoms with Gasteiger partial charge in [0.2, 0.25) is 10.0 Å². The Labute approximate surface area is 132 Å². The summed E-state index contributed by atoms with van der Waals surface area (Å²) in [5.74, 6) is 0.0534. The number of amides is 1. The highest BCUT2D eigenvalue weighted by Crippen LogP contribution is 2.20. The van der Waals surface area contributed by atoms with Gasteiger partial charge in [-0.25, -0.2) is 13.6 Å². The standard InChI is InChI=1S/C15H25N3O3S/c1-9(2)5-13(8-16)18-15(19)12-6-10(3)11(4)14(7-12)22(17,20)21/h6-7,9,13H,5,8,16H2,1-4H3,(H,18,19)(H2,17,20,21). The van der Waals surface area contributed by atoms with Crippen molar-refractivity contribution in [3.05, 3.63) is 28.8 Å². The van der Waals surface area contributed by atoms with Gasteiger partial charge >= 0.3 is 0 Å². The number of carbonyl (C=O) groups excluding carboxylic acids is 1. The number of rotatable bonds is 6. The van der Waals surface area contributed by atoms with E-state index < -0.39 is 10.0 Å². The van der Waals surface area contributed by atoms with Gasteiger partial charge in [0.05, 0.1) is 4.90 Å². The lowest BCUT2D eigenvalue weighted by Gasteiger charge is -2.19. The molecule has 1 amide bonds. The van der Waals surface area contributed by atoms with Crippen LogP contribution in [0, 0.1) is 19.8 Å². The highest BCUT2D eigenvalue weighted by atomic mass is 32.2. The minimum absolute atomic E-state index is 0.0224. The van der Waals surface area contributed by atoms with Crippen molar-refractivity contribution >= 4 is 15.9 Å². The van der Waals surface area contributed by atoms with Crippen molar-refractivity contribution in [2.24, 2.45) is 16.8 Å². The molecule has 0 bridgehead atoms. The molecule has 0 aliphatic heterocycles. The van der Waals surface area contributed by atoms with Crippen LogP contribution in [0.5, 0.6) is 0 Å². The van der Waals surface area contributed by atoms with Gasteiger partial charge in [-0.15, -0.1) is 0 Å². The minimum atomic E-state index is -3.87. The summed E-state index contributed by atoms with van der Waals surface area (Å²) in [7, 11) is -3.87. The van der Waals surface area contributed by atoms with E-state index in [4.69, 9.17) is 10.9 Å². The Morgan fingerprint density at radius 3 is 2.32 bits per heavy atom. The Kier molecular flexibility index (Phi) is 6.10. The third-order valence-corrected chi connectivity index (χ3v) is 4.60. The first-order valence-electron chi connectivity index (χ1n) is 7.21. The quantitative estimate of drug-likeness (QED) is 0.724. The second-order valence-corrected chi connectivity index (χ2v) is 7.53. The highest BCUT2D eigenvalue weighted by molar-refractivity contribution is 7.89. The van der Waals surface area contributed by atoms with Crippen molar-refractivity contribution < 1.29 is 13.2 Å². The van der Waals surface area contributed by atoms with Gasteiger partial charge in [-0.2, -0.15) is 0 Å². The van der Waals surface area contributed by atoms with Crippen LogP contribution in [0.2, 0.25) is 0 Å². The molecule has 1 atom stereocenters. The number of aryl methyl sites for hydroxylation is 1. The van der Waals surface area contributed by atoms with Crippen LogP contribution in [0.25, 0.3) is 0 Å². The third kappa shape index (κ3) is 4.79. The van der Waals surface area contributed by atoms with Crippen molar-refractivity contribution in [3.63, 3.8) is 0 Å². The van der Waals surface area contributed by atoms with Crippen molar-refractivity contribution in [1.82, 2.24) is 5.32 Å². The van der Waals surface area contributed by atoms with Crippen LogP contribution in [0.4, 0.5) is 0 Å². The van der Waals surface area contributed by atoms with Crippen LogP contribution in [0.3, 0.4) is 0 Å². The average molecular weight is 327 g/mol. The van der Waals surface area contributed by atoms with Crippen molar-refractivity contribution in [2.45, 2.75) is 45.1 Å². The first kappa shape index (κ1) is 18.6. The van der Waals surface area contributed by atoms with E-state index in [0.717, 1.165) is 6.42 Å². The molecule has 0 fully saturated rings. The summed E-state index contributed by atoms with van der Waals surface area (Å²) in [6, 6.07) is 2.82. The fourth-order valence-corrected chi connectivity index (χ4v) is 3.18. The zero-order valence-electron chi connectivity index (χ0n) is 13.5. The Morgan fingerprint density at radius 1 is 1.27 bits per heavy atom. The predicted molar refractivity (Wildman–Crippen MR) is 87.1 cm³/mol. The van der Waals surface area contributed by atoms with Crippen LogP contribution in [0.15, 0.2) is 17.0 Å². The van der Waals surface area contributed by atoms with Gasteiger partial charge in [0.25, 0.3) is 5.91 Å². The van der Waals surface area contributed by atoms with Gasteiger partial charge in [0.1, 0.15) is 0 Å². The van der Waals surface area contributed by atoms with Gasteiger partial charge < -0.3 is 11.1 Å². The lowest BCUT2D eigenvalue weighted by Crippen LogP contribution is -2.41. The number of hydrogen-bond donors (Lipinski definition) is 3. The van der Waals surface area contributed by atoms with Crippen LogP contribution < -0.4 is 16.2 Å². The van der Waals surface area contributed by atoms with E-state index >= 15 is 0 Å². The number of nitrogens with one attached hydrogen (secondary N) is 1. The highest BCUT2D eigenvalue weighted by Gasteiger charge is 2.19. The van der Waals surface area contributed by atoms with E-state index in [1.807, 2.05) is 13.8 Å². The van der Waals surface area contributed by atoms with E-state index in [-0.39, 0.29) is 22.4 Å². The van der Waals surface area contributed by atoms with E-state index in [0.29, 0.717) is 23.6 Å². The molecule has 6 nitrogen and oxygen atoms in total. The molecule has 1 unspecified atom stereocenters. The number of sulfonamides is 1. The molecule has 0 spiro atoms. The molecule has 1 aromatic rings. The predicted octanol–water partition coefficient (Wildman–Crippen LogP) is 1.05. The molecule has 22 heavy (non-hydrogen) atoms. The van der Waals surface area contributed by atoms with E-state index in [1.165, 1.54) is 6.07 Å². The molecule has 1 rings (SSSR count). The van der Waals surface area contributed by atoms with Crippen molar-refractivity contribution in [2.75, 3.05) is 6.54 Å². The molecule has 0 saturated heterocycles. The summed E-state index contributed by atoms with van der Waals surface area (Å²) >= 11 is 0. The number of primary sulfonamides is 1. The first-order valence-corrected chi connectivity index (χ1v) is 8.75. The molecule has 0 aliphatic carbocycles. The molecule has 0 heterocycles. The topological polar surface area (TPSA) is 115 Å². The van der Waals surface area contributed by atoms with E-state index in [1.54, 1.807) is 19.9 Å². The maximum Gasteiger partial charge on any atom is 0.251 e. The molecule has 124 valence electrons. The van der Waals surface area contributed by atoms with Crippen molar-refractivity contribution in [3.8, 4) is 0 Å². The maximum absolute atomic E-state index is 12.3. The lowest BCUT2D eigenvalue weighted by atomic mass is 10.0. The van der Waals surface area contributed by atoms with Gasteiger partial charge in [-0.1, -0.05) is 13.8 Å². The Hall–Kier alpha value is -1.44. The summed E-state index contributed by atoms with van der Waals surface area (Å²) in [5, 5.41) is 8.05. The number of nitrogens with two attached hydrogens (primary N) is 2. The third-order valence-electron chi connectivity index (χ3n) is 3.56. The summed E-state index contributed by atoms with van der Waals surface area (Å²) in [6.07, 6.45) is 0.759. The molecule has 1 aromatic carbocycles. The molecule has 0 aliphatic rings. The number of benzene rings is 1. The average Bonchev–Trinajstić information content (AvgIpc) is 2.38. The van der Waals surface area contributed by atoms with Crippen molar-refractivity contribution in [1.29, 1.82) is 0 Å². The molecule has 5 N–H and O–H groups in total. The van der Waals surface area contributed by atoms with E-state index in [9.17, 15) is 13.2 Å². The second-order valence-electron chi connectivity index (χ2n) is 6.00. The first-order chi connectivity index (χ1) is 10.1. The van der Waals surface area contributed by atoms with Crippen LogP contribution >= 0.6 is 0 Å². The second kappa shape index (κ2) is 7.21. The number of carbonyl (C=O) groups is 1. The minimum Gasteiger partial charge on any atom is -0.348 e. The molecule has 0 saturated carbocycles. The molecule has 7 heteroatoms. The zero-order valence-corrected chi connectivity index (χ0v) is 14.3. The SMILES string of the molecule is Cc1cc(C(=O)NC(CN)CC(C)C)cc(S(N)(=O)=O)c1C. The van der Waals surface area contributed by atoms with Gasteiger partial charge in [0.15, 0.2) is 0 Å². The number of hydrogen-bond acceptors (Lipinski definition) is 4.